The monoisotopic (exact) mass is 579 g/mol. The summed E-state index contributed by atoms with van der Waals surface area (Å²) in [6.45, 7) is 12.6. The molecule has 2 aromatic heterocycles. The molecule has 1 aliphatic rings. The van der Waals surface area contributed by atoms with E-state index in [-0.39, 0.29) is 6.61 Å². The number of H-pyrrole nitrogens is 2. The van der Waals surface area contributed by atoms with E-state index in [9.17, 15) is 4.39 Å². The molecule has 0 fully saturated rings. The maximum Gasteiger partial charge on any atom is 0.211 e. The lowest BCUT2D eigenvalue weighted by Gasteiger charge is -2.37. The fourth-order valence-electron chi connectivity index (χ4n) is 4.80. The number of nitrogens with zero attached hydrogens (tertiary/aromatic N) is 3. The van der Waals surface area contributed by atoms with Crippen molar-refractivity contribution < 1.29 is 13.9 Å². The minimum atomic E-state index is -1.03. The van der Waals surface area contributed by atoms with Gasteiger partial charge in [-0.2, -0.15) is 0 Å². The number of hydrazone groups is 1. The first kappa shape index (κ1) is 32.8. The molecule has 0 amide bonds. The lowest BCUT2D eigenvalue weighted by Crippen LogP contribution is -2.53. The Balaban J connectivity index is 2.02. The normalized spacial score (nSPS) is 16.7. The second kappa shape index (κ2) is 14.9. The van der Waals surface area contributed by atoms with E-state index in [0.717, 1.165) is 41.8 Å². The summed E-state index contributed by atoms with van der Waals surface area (Å²) in [5, 5.41) is 3.93. The van der Waals surface area contributed by atoms with Crippen LogP contribution in [0.1, 0.15) is 82.0 Å². The molecule has 0 aliphatic heterocycles. The number of imidazole rings is 1. The molecule has 2 unspecified atom stereocenters. The van der Waals surface area contributed by atoms with Crippen molar-refractivity contribution in [2.24, 2.45) is 27.1 Å². The van der Waals surface area contributed by atoms with Crippen LogP contribution < -0.4 is 11.6 Å². The van der Waals surface area contributed by atoms with Crippen LogP contribution in [0, 0.1) is 5.41 Å². The first-order valence-corrected chi connectivity index (χ1v) is 14.5. The number of aliphatic imine (C=N–C) groups is 1. The first-order chi connectivity index (χ1) is 20.1. The molecule has 0 aromatic carbocycles. The molecule has 0 radical (unpaired) electrons. The number of aromatic amines is 2. The van der Waals surface area contributed by atoms with Gasteiger partial charge in [0.25, 0.3) is 0 Å². The van der Waals surface area contributed by atoms with Gasteiger partial charge in [-0.25, -0.2) is 9.37 Å². The molecule has 10 heteroatoms. The van der Waals surface area contributed by atoms with E-state index in [1.165, 1.54) is 5.56 Å². The zero-order valence-electron chi connectivity index (χ0n) is 25.7. The molecular formula is C32H46FN7O2. The highest BCUT2D eigenvalue weighted by Gasteiger charge is 2.42. The van der Waals surface area contributed by atoms with Gasteiger partial charge in [0.05, 0.1) is 30.4 Å². The standard InChI is InChI=1S/C32H46FN7O2/c1-7-9-14-26(36-19-18-33)27-20-37-28(38-27)17-16-24-23-13-11-10-12-15-25(23)39-29(24)32(34,21-41-8-2)22(3)42-30(40-35)31(4,5)6/h9-12,14-15,18-20,22,39H,7-8,13,16-17,21,34-35H2,1-6H3,(H,37,38)/b14-9-,19-18+,36-26+,40-30-. The third kappa shape index (κ3) is 7.95. The number of hydrogen-bond donors (Lipinski definition) is 4. The molecule has 228 valence electrons. The van der Waals surface area contributed by atoms with Crippen molar-refractivity contribution in [2.75, 3.05) is 13.2 Å². The summed E-state index contributed by atoms with van der Waals surface area (Å²) in [5.41, 5.74) is 11.3. The highest BCUT2D eigenvalue weighted by atomic mass is 19.1. The Morgan fingerprint density at radius 2 is 2.00 bits per heavy atom. The Kier molecular flexibility index (Phi) is 11.6. The third-order valence-corrected chi connectivity index (χ3v) is 7.16. The molecule has 0 saturated heterocycles. The summed E-state index contributed by atoms with van der Waals surface area (Å²) in [4.78, 5) is 15.8. The highest BCUT2D eigenvalue weighted by Crippen LogP contribution is 2.35. The van der Waals surface area contributed by atoms with Gasteiger partial charge in [-0.1, -0.05) is 52.0 Å². The van der Waals surface area contributed by atoms with Crippen LogP contribution in [-0.2, 0) is 34.3 Å². The average Bonchev–Trinajstić information content (AvgIpc) is 3.50. The number of nitrogens with two attached hydrogens (primary N) is 2. The fourth-order valence-corrected chi connectivity index (χ4v) is 4.80. The first-order valence-electron chi connectivity index (χ1n) is 14.5. The van der Waals surface area contributed by atoms with Crippen LogP contribution in [0.3, 0.4) is 0 Å². The zero-order chi connectivity index (χ0) is 30.8. The summed E-state index contributed by atoms with van der Waals surface area (Å²) >= 11 is 0. The molecule has 3 rings (SSSR count). The molecule has 2 atom stereocenters. The maximum absolute atomic E-state index is 12.7. The predicted octanol–water partition coefficient (Wildman–Crippen LogP) is 5.76. The van der Waals surface area contributed by atoms with Crippen molar-refractivity contribution in [3.8, 4) is 0 Å². The van der Waals surface area contributed by atoms with Crippen molar-refractivity contribution in [3.63, 3.8) is 0 Å². The molecule has 9 nitrogen and oxygen atoms in total. The van der Waals surface area contributed by atoms with E-state index in [1.54, 1.807) is 6.20 Å². The van der Waals surface area contributed by atoms with Crippen molar-refractivity contribution in [1.29, 1.82) is 0 Å². The minimum Gasteiger partial charge on any atom is -0.474 e. The quantitative estimate of drug-likeness (QED) is 0.103. The van der Waals surface area contributed by atoms with Crippen LogP contribution in [0.5, 0.6) is 0 Å². The summed E-state index contributed by atoms with van der Waals surface area (Å²) in [7, 11) is 0. The lowest BCUT2D eigenvalue weighted by molar-refractivity contribution is 0.0170. The SMILES string of the molecule is CC\C=C/C(=N\C=C\F)c1cnc(CCc2c(C(N)(COCC)C(C)O/C(=N\N)C(C)(C)C)[nH]c3c2CC=CC=C3)[nH]1. The van der Waals surface area contributed by atoms with Gasteiger partial charge >= 0.3 is 0 Å². The average molecular weight is 580 g/mol. The van der Waals surface area contributed by atoms with Crippen LogP contribution in [0.2, 0.25) is 0 Å². The van der Waals surface area contributed by atoms with Crippen molar-refractivity contribution in [1.82, 2.24) is 15.0 Å². The molecule has 2 heterocycles. The number of aromatic nitrogens is 3. The molecule has 0 bridgehead atoms. The summed E-state index contributed by atoms with van der Waals surface area (Å²) in [5.74, 6) is 6.93. The Bertz CT molecular complexity index is 1360. The van der Waals surface area contributed by atoms with Crippen LogP contribution in [0.15, 0.2) is 59.2 Å². The molecule has 42 heavy (non-hydrogen) atoms. The van der Waals surface area contributed by atoms with Gasteiger partial charge in [0.2, 0.25) is 5.90 Å². The maximum atomic E-state index is 12.7. The van der Waals surface area contributed by atoms with Gasteiger partial charge in [-0.15, -0.1) is 5.10 Å². The number of rotatable bonds is 13. The Hall–Kier alpha value is -3.76. The third-order valence-electron chi connectivity index (χ3n) is 7.16. The van der Waals surface area contributed by atoms with E-state index in [1.807, 2.05) is 65.8 Å². The second-order valence-corrected chi connectivity index (χ2v) is 11.3. The van der Waals surface area contributed by atoms with Gasteiger partial charge in [-0.05, 0) is 56.4 Å². The Morgan fingerprint density at radius 3 is 2.67 bits per heavy atom. The highest BCUT2D eigenvalue weighted by molar-refractivity contribution is 6.07. The van der Waals surface area contributed by atoms with Crippen molar-refractivity contribution >= 4 is 17.7 Å². The van der Waals surface area contributed by atoms with Crippen molar-refractivity contribution in [3.05, 3.63) is 83.1 Å². The summed E-state index contributed by atoms with van der Waals surface area (Å²) < 4.78 is 25.0. The molecule has 0 saturated carbocycles. The van der Waals surface area contributed by atoms with Crippen LogP contribution >= 0.6 is 0 Å². The molecule has 2 aromatic rings. The molecular weight excluding hydrogens is 533 g/mol. The Morgan fingerprint density at radius 1 is 1.21 bits per heavy atom. The lowest BCUT2D eigenvalue weighted by atomic mass is 9.85. The van der Waals surface area contributed by atoms with E-state index in [4.69, 9.17) is 21.1 Å². The Labute approximate surface area is 248 Å². The van der Waals surface area contributed by atoms with Crippen LogP contribution in [0.4, 0.5) is 4.39 Å². The van der Waals surface area contributed by atoms with Crippen LogP contribution in [0.25, 0.3) is 6.08 Å². The molecule has 1 aliphatic carbocycles. The van der Waals surface area contributed by atoms with Gasteiger partial charge in [0.15, 0.2) is 0 Å². The van der Waals surface area contributed by atoms with Gasteiger partial charge in [-0.3, -0.25) is 4.99 Å². The zero-order valence-corrected chi connectivity index (χ0v) is 25.7. The van der Waals surface area contributed by atoms with E-state index in [0.29, 0.717) is 43.1 Å². The second-order valence-electron chi connectivity index (χ2n) is 11.3. The van der Waals surface area contributed by atoms with E-state index >= 15 is 0 Å². The van der Waals surface area contributed by atoms with Gasteiger partial charge < -0.3 is 31.0 Å². The summed E-state index contributed by atoms with van der Waals surface area (Å²) in [6, 6.07) is 0. The predicted molar refractivity (Wildman–Crippen MR) is 169 cm³/mol. The van der Waals surface area contributed by atoms with Crippen molar-refractivity contribution in [2.45, 2.75) is 78.9 Å². The number of aryl methyl sites for hydroxylation is 1. The minimum absolute atomic E-state index is 0.231. The number of nitrogens with one attached hydrogen (secondary N) is 2. The number of allylic oxidation sites excluding steroid dienone is 5. The number of ether oxygens (including phenoxy) is 2. The van der Waals surface area contributed by atoms with Crippen LogP contribution in [-0.4, -0.2) is 45.9 Å². The summed E-state index contributed by atoms with van der Waals surface area (Å²) in [6.07, 6.45) is 17.7. The number of halogens is 1. The van der Waals surface area contributed by atoms with E-state index < -0.39 is 17.1 Å². The molecule has 6 N–H and O–H groups in total. The topological polar surface area (TPSA) is 140 Å². The number of fused-ring (bicyclic) bond motifs is 1. The number of hydrogen-bond acceptors (Lipinski definition) is 7. The van der Waals surface area contributed by atoms with Gasteiger partial charge in [0, 0.05) is 29.8 Å². The van der Waals surface area contributed by atoms with E-state index in [2.05, 4.69) is 37.2 Å². The molecule has 0 spiro atoms. The van der Waals surface area contributed by atoms with Gasteiger partial charge in [0.1, 0.15) is 23.8 Å². The smallest absolute Gasteiger partial charge is 0.211 e. The largest absolute Gasteiger partial charge is 0.474 e. The fraction of sp³-hybridized carbons (Fsp3) is 0.469.